The largest absolute Gasteiger partial charge is 0.452 e. The fourth-order valence-corrected chi connectivity index (χ4v) is 2.43. The molecule has 1 N–H and O–H groups in total. The van der Waals surface area contributed by atoms with Crippen molar-refractivity contribution in [2.45, 2.75) is 13.8 Å². The molecule has 1 aliphatic heterocycles. The van der Waals surface area contributed by atoms with Crippen LogP contribution in [0.15, 0.2) is 34.7 Å². The van der Waals surface area contributed by atoms with Crippen molar-refractivity contribution in [2.24, 2.45) is 0 Å². The van der Waals surface area contributed by atoms with Crippen molar-refractivity contribution in [3.05, 3.63) is 41.3 Å². The molecule has 1 aromatic rings. The van der Waals surface area contributed by atoms with Gasteiger partial charge in [-0.15, -0.1) is 0 Å². The molecule has 21 heavy (non-hydrogen) atoms. The van der Waals surface area contributed by atoms with Gasteiger partial charge in [-0.25, -0.2) is 9.56 Å². The molecule has 0 aromatic heterocycles. The van der Waals surface area contributed by atoms with E-state index in [-0.39, 0.29) is 0 Å². The monoisotopic (exact) mass is 282 g/mol. The van der Waals surface area contributed by atoms with Gasteiger partial charge in [0.05, 0.1) is 6.07 Å². The van der Waals surface area contributed by atoms with Crippen molar-refractivity contribution in [1.82, 2.24) is 9.56 Å². The van der Waals surface area contributed by atoms with Crippen LogP contribution in [-0.2, 0) is 0 Å². The van der Waals surface area contributed by atoms with Crippen LogP contribution in [-0.4, -0.2) is 25.6 Å². The number of rotatable bonds is 2. The van der Waals surface area contributed by atoms with E-state index >= 15 is 0 Å². The van der Waals surface area contributed by atoms with E-state index in [2.05, 4.69) is 35.9 Å². The van der Waals surface area contributed by atoms with Crippen LogP contribution >= 0.6 is 0 Å². The second-order valence-corrected chi connectivity index (χ2v) is 5.43. The Labute approximate surface area is 124 Å². The third kappa shape index (κ3) is 2.49. The Balaban J connectivity index is 2.29. The van der Waals surface area contributed by atoms with Gasteiger partial charge in [0.2, 0.25) is 5.36 Å². The second-order valence-electron chi connectivity index (χ2n) is 5.43. The van der Waals surface area contributed by atoms with E-state index in [0.717, 1.165) is 40.1 Å². The number of aryl methyl sites for hydroxylation is 1. The van der Waals surface area contributed by atoms with E-state index in [0.29, 0.717) is 0 Å². The highest BCUT2D eigenvalue weighted by molar-refractivity contribution is 5.81. The predicted octanol–water partition coefficient (Wildman–Crippen LogP) is 2.70. The van der Waals surface area contributed by atoms with Gasteiger partial charge in [0.15, 0.2) is 11.3 Å². The maximum atomic E-state index is 6.05. The molecule has 2 aliphatic rings. The van der Waals surface area contributed by atoms with Crippen LogP contribution in [0.5, 0.6) is 0 Å². The maximum Gasteiger partial charge on any atom is 0.203 e. The Hall–Kier alpha value is -2.36. The number of hydrogen-bond acceptors (Lipinski definition) is 3. The zero-order chi connectivity index (χ0) is 15.0. The highest BCUT2D eigenvalue weighted by Gasteiger charge is 2.11. The lowest BCUT2D eigenvalue weighted by Gasteiger charge is -2.10. The third-order valence-corrected chi connectivity index (χ3v) is 3.59. The molecule has 1 aromatic carbocycles. The van der Waals surface area contributed by atoms with E-state index in [9.17, 15) is 0 Å². The van der Waals surface area contributed by atoms with Crippen LogP contribution in [0.4, 0.5) is 5.69 Å². The minimum atomic E-state index is 0.806. The molecule has 0 bridgehead atoms. The van der Waals surface area contributed by atoms with Gasteiger partial charge in [-0.2, -0.15) is 0 Å². The van der Waals surface area contributed by atoms with Crippen LogP contribution in [0, 0.1) is 6.92 Å². The molecule has 1 aliphatic carbocycles. The summed E-state index contributed by atoms with van der Waals surface area (Å²) in [5.41, 5.74) is 4.85. The first kappa shape index (κ1) is 13.6. The van der Waals surface area contributed by atoms with Gasteiger partial charge in [0, 0.05) is 24.4 Å². The molecule has 0 amide bonds. The van der Waals surface area contributed by atoms with Gasteiger partial charge < -0.3 is 9.73 Å². The average molecular weight is 282 g/mol. The van der Waals surface area contributed by atoms with Gasteiger partial charge in [0.1, 0.15) is 25.3 Å². The number of nitrogens with one attached hydrogen (secondary N) is 1. The summed E-state index contributed by atoms with van der Waals surface area (Å²) in [7, 11) is 4.03. The van der Waals surface area contributed by atoms with Crippen molar-refractivity contribution in [1.29, 1.82) is 0 Å². The van der Waals surface area contributed by atoms with Crippen LogP contribution in [0.1, 0.15) is 12.5 Å². The molecule has 0 fully saturated rings. The Bertz CT molecular complexity index is 844. The smallest absolute Gasteiger partial charge is 0.203 e. The lowest BCUT2D eigenvalue weighted by Crippen LogP contribution is -2.21. The van der Waals surface area contributed by atoms with E-state index < -0.39 is 0 Å². The SMILES string of the molecule is CCNc1cc2oc3cc(=[N+](C)C)ccc-3nc2cc1C. The Morgan fingerprint density at radius 1 is 1.19 bits per heavy atom. The summed E-state index contributed by atoms with van der Waals surface area (Å²) in [5.74, 6) is 0.806. The van der Waals surface area contributed by atoms with Gasteiger partial charge in [-0.1, -0.05) is 0 Å². The number of hydrogen-bond donors (Lipinski definition) is 1. The molecule has 108 valence electrons. The quantitative estimate of drug-likeness (QED) is 0.580. The van der Waals surface area contributed by atoms with Crippen LogP contribution in [0.3, 0.4) is 0 Å². The standard InChI is InChI=1S/C17H19N3O/c1-5-18-14-10-17-15(8-11(14)2)19-13-7-6-12(20(3)4)9-16(13)21-17/h6-10H,5H2,1-4H3/p+1. The third-order valence-electron chi connectivity index (χ3n) is 3.59. The molecule has 0 spiro atoms. The zero-order valence-electron chi connectivity index (χ0n) is 12.9. The van der Waals surface area contributed by atoms with Crippen molar-refractivity contribution >= 4 is 16.8 Å². The minimum absolute atomic E-state index is 0.806. The van der Waals surface area contributed by atoms with Crippen molar-refractivity contribution in [3.63, 3.8) is 0 Å². The number of fused-ring (bicyclic) bond motifs is 2. The molecule has 0 saturated carbocycles. The molecule has 0 unspecified atom stereocenters. The first-order valence-electron chi connectivity index (χ1n) is 7.18. The molecule has 3 rings (SSSR count). The van der Waals surface area contributed by atoms with Crippen molar-refractivity contribution in [3.8, 4) is 11.5 Å². The Morgan fingerprint density at radius 2 is 2.00 bits per heavy atom. The van der Waals surface area contributed by atoms with Crippen LogP contribution in [0.2, 0.25) is 0 Å². The van der Waals surface area contributed by atoms with E-state index in [1.54, 1.807) is 0 Å². The van der Waals surface area contributed by atoms with Gasteiger partial charge >= 0.3 is 0 Å². The molecule has 1 heterocycles. The minimum Gasteiger partial charge on any atom is -0.452 e. The summed E-state index contributed by atoms with van der Waals surface area (Å²) in [5, 5.41) is 4.45. The number of nitrogens with zero attached hydrogens (tertiary/aromatic N) is 2. The fourth-order valence-electron chi connectivity index (χ4n) is 2.43. The molecule has 4 nitrogen and oxygen atoms in total. The maximum absolute atomic E-state index is 6.05. The summed E-state index contributed by atoms with van der Waals surface area (Å²) in [6, 6.07) is 10.2. The van der Waals surface area contributed by atoms with Crippen molar-refractivity contribution in [2.75, 3.05) is 26.0 Å². The van der Waals surface area contributed by atoms with E-state index in [1.807, 2.05) is 32.3 Å². The predicted molar refractivity (Wildman–Crippen MR) is 86.6 cm³/mol. The van der Waals surface area contributed by atoms with E-state index in [4.69, 9.17) is 9.40 Å². The Morgan fingerprint density at radius 3 is 2.71 bits per heavy atom. The lowest BCUT2D eigenvalue weighted by atomic mass is 10.1. The van der Waals surface area contributed by atoms with Gasteiger partial charge in [-0.3, -0.25) is 0 Å². The van der Waals surface area contributed by atoms with Crippen LogP contribution in [0.25, 0.3) is 22.6 Å². The highest BCUT2D eigenvalue weighted by atomic mass is 16.3. The number of benzene rings is 2. The summed E-state index contributed by atoms with van der Waals surface area (Å²) < 4.78 is 8.10. The van der Waals surface area contributed by atoms with Crippen molar-refractivity contribution < 1.29 is 4.42 Å². The van der Waals surface area contributed by atoms with Gasteiger partial charge in [-0.05, 0) is 31.5 Å². The zero-order valence-corrected chi connectivity index (χ0v) is 12.9. The fraction of sp³-hybridized carbons (Fsp3) is 0.294. The highest BCUT2D eigenvalue weighted by Crippen LogP contribution is 2.27. The summed E-state index contributed by atoms with van der Waals surface area (Å²) >= 11 is 0. The Kier molecular flexibility index (Phi) is 3.37. The first-order valence-corrected chi connectivity index (χ1v) is 7.18. The lowest BCUT2D eigenvalue weighted by molar-refractivity contribution is 0.610. The molecule has 0 radical (unpaired) electrons. The topological polar surface area (TPSA) is 41.1 Å². The molecular formula is C17H20N3O+. The molecular weight excluding hydrogens is 262 g/mol. The molecule has 4 heteroatoms. The second kappa shape index (κ2) is 5.20. The van der Waals surface area contributed by atoms with E-state index in [1.165, 1.54) is 5.56 Å². The average Bonchev–Trinajstić information content (AvgIpc) is 2.45. The van der Waals surface area contributed by atoms with Crippen LogP contribution < -0.4 is 15.2 Å². The first-order chi connectivity index (χ1) is 10.1. The molecule has 0 atom stereocenters. The molecule has 0 saturated heterocycles. The number of anilines is 1. The summed E-state index contributed by atoms with van der Waals surface area (Å²) in [6.45, 7) is 5.05. The number of aromatic nitrogens is 1. The van der Waals surface area contributed by atoms with Gasteiger partial charge in [0.25, 0.3) is 0 Å². The normalized spacial score (nSPS) is 11.0. The summed E-state index contributed by atoms with van der Waals surface area (Å²) in [4.78, 5) is 4.70. The summed E-state index contributed by atoms with van der Waals surface area (Å²) in [6.07, 6.45) is 0.